The maximum absolute atomic E-state index is 11.6. The summed E-state index contributed by atoms with van der Waals surface area (Å²) in [7, 11) is 0. The Labute approximate surface area is 122 Å². The fourth-order valence-corrected chi connectivity index (χ4v) is 2.67. The van der Waals surface area contributed by atoms with Gasteiger partial charge >= 0.3 is 11.8 Å². The monoisotopic (exact) mass is 321 g/mol. The lowest BCUT2D eigenvalue weighted by molar-refractivity contribution is -0.139. The number of carbonyl (C=O) groups is 3. The largest absolute Gasteiger partial charge is 0.345 e. The normalized spacial score (nSPS) is 13.8. The highest BCUT2D eigenvalue weighted by Gasteiger charge is 2.26. The van der Waals surface area contributed by atoms with Crippen molar-refractivity contribution in [2.75, 3.05) is 0 Å². The Balaban J connectivity index is 1.84. The van der Waals surface area contributed by atoms with Crippen LogP contribution < -0.4 is 16.2 Å². The quantitative estimate of drug-likeness (QED) is 0.563. The summed E-state index contributed by atoms with van der Waals surface area (Å²) in [5.74, 6) is -2.35. The molecule has 1 saturated carbocycles. The van der Waals surface area contributed by atoms with E-state index in [1.165, 1.54) is 6.07 Å². The Morgan fingerprint density at radius 1 is 1.16 bits per heavy atom. The molecule has 1 heterocycles. The topological polar surface area (TPSA) is 87.3 Å². The molecule has 0 saturated heterocycles. The summed E-state index contributed by atoms with van der Waals surface area (Å²) in [5.41, 5.74) is 4.23. The van der Waals surface area contributed by atoms with E-state index in [9.17, 15) is 14.4 Å². The molecule has 9 heteroatoms. The summed E-state index contributed by atoms with van der Waals surface area (Å²) < 4.78 is 0.562. The number of thiophene rings is 1. The van der Waals surface area contributed by atoms with Gasteiger partial charge in [-0.15, -0.1) is 11.3 Å². The third-order valence-electron chi connectivity index (χ3n) is 2.31. The first-order valence-electron chi connectivity index (χ1n) is 5.33. The van der Waals surface area contributed by atoms with E-state index in [0.717, 1.165) is 24.2 Å². The molecule has 1 aromatic rings. The Bertz CT molecular complexity index is 542. The van der Waals surface area contributed by atoms with Gasteiger partial charge in [-0.25, -0.2) is 0 Å². The summed E-state index contributed by atoms with van der Waals surface area (Å²) >= 11 is 12.5. The van der Waals surface area contributed by atoms with E-state index in [4.69, 9.17) is 23.2 Å². The van der Waals surface area contributed by atoms with Gasteiger partial charge < -0.3 is 5.32 Å². The lowest BCUT2D eigenvalue weighted by atomic mass is 10.3. The lowest BCUT2D eigenvalue weighted by Gasteiger charge is -2.06. The second-order valence-electron chi connectivity index (χ2n) is 3.89. The lowest BCUT2D eigenvalue weighted by Crippen LogP contribution is -2.48. The van der Waals surface area contributed by atoms with E-state index in [1.807, 2.05) is 5.43 Å². The van der Waals surface area contributed by atoms with Crippen molar-refractivity contribution in [3.8, 4) is 0 Å². The third-order valence-corrected chi connectivity index (χ3v) is 3.80. The number of hydrazine groups is 1. The van der Waals surface area contributed by atoms with Crippen molar-refractivity contribution in [3.63, 3.8) is 0 Å². The van der Waals surface area contributed by atoms with Crippen LogP contribution in [0.4, 0.5) is 0 Å². The Kier molecular flexibility index (Phi) is 4.28. The maximum atomic E-state index is 11.6. The van der Waals surface area contributed by atoms with E-state index >= 15 is 0 Å². The van der Waals surface area contributed by atoms with Crippen LogP contribution in [0, 0.1) is 0 Å². The highest BCUT2D eigenvalue weighted by molar-refractivity contribution is 7.20. The molecule has 0 unspecified atom stereocenters. The number of rotatable bonds is 2. The van der Waals surface area contributed by atoms with Crippen LogP contribution in [0.1, 0.15) is 23.2 Å². The Morgan fingerprint density at radius 2 is 1.84 bits per heavy atom. The van der Waals surface area contributed by atoms with Crippen LogP contribution in [0.3, 0.4) is 0 Å². The molecule has 0 aliphatic heterocycles. The molecule has 1 fully saturated rings. The van der Waals surface area contributed by atoms with Crippen LogP contribution in [0.15, 0.2) is 6.07 Å². The van der Waals surface area contributed by atoms with Gasteiger partial charge in [-0.05, 0) is 18.9 Å². The predicted octanol–water partition coefficient (Wildman–Crippen LogP) is 1.09. The van der Waals surface area contributed by atoms with Crippen molar-refractivity contribution in [3.05, 3.63) is 20.3 Å². The summed E-state index contributed by atoms with van der Waals surface area (Å²) in [6.45, 7) is 0. The third kappa shape index (κ3) is 3.82. The molecule has 2 rings (SSSR count). The summed E-state index contributed by atoms with van der Waals surface area (Å²) in [4.78, 5) is 34.3. The second-order valence-corrected chi connectivity index (χ2v) is 6.18. The standard InChI is InChI=1S/C10H9Cl2N3O3S/c11-6-3-5(7(12)19-6)8(16)14-15-10(18)9(17)13-4-1-2-4/h3-4H,1-2H2,(H,13,17)(H,14,16)(H,15,18). The summed E-state index contributed by atoms with van der Waals surface area (Å²) in [5, 5.41) is 2.49. The Morgan fingerprint density at radius 3 is 2.37 bits per heavy atom. The van der Waals surface area contributed by atoms with Gasteiger partial charge in [-0.3, -0.25) is 25.2 Å². The average Bonchev–Trinajstić information content (AvgIpc) is 3.09. The van der Waals surface area contributed by atoms with E-state index in [-0.39, 0.29) is 15.9 Å². The highest BCUT2D eigenvalue weighted by atomic mass is 35.5. The molecule has 0 spiro atoms. The van der Waals surface area contributed by atoms with Gasteiger partial charge in [-0.2, -0.15) is 0 Å². The second kappa shape index (κ2) is 5.77. The van der Waals surface area contributed by atoms with Crippen molar-refractivity contribution in [2.45, 2.75) is 18.9 Å². The van der Waals surface area contributed by atoms with Crippen molar-refractivity contribution in [1.29, 1.82) is 0 Å². The van der Waals surface area contributed by atoms with Crippen molar-refractivity contribution >= 4 is 52.3 Å². The average molecular weight is 322 g/mol. The van der Waals surface area contributed by atoms with Crippen molar-refractivity contribution < 1.29 is 14.4 Å². The molecule has 0 radical (unpaired) electrons. The fourth-order valence-electron chi connectivity index (χ4n) is 1.21. The molecule has 3 N–H and O–H groups in total. The van der Waals surface area contributed by atoms with Gasteiger partial charge in [0.05, 0.1) is 9.90 Å². The zero-order valence-electron chi connectivity index (χ0n) is 9.46. The number of halogens is 2. The molecule has 19 heavy (non-hydrogen) atoms. The minimum absolute atomic E-state index is 0.0686. The van der Waals surface area contributed by atoms with Gasteiger partial charge in [0.25, 0.3) is 5.91 Å². The SMILES string of the molecule is O=C(NNC(=O)c1cc(Cl)sc1Cl)C(=O)NC1CC1. The number of hydrogen-bond acceptors (Lipinski definition) is 4. The molecule has 1 aromatic heterocycles. The first kappa shape index (κ1) is 14.1. The van der Waals surface area contributed by atoms with Gasteiger partial charge in [-0.1, -0.05) is 23.2 Å². The number of hydrogen-bond donors (Lipinski definition) is 3. The zero-order valence-corrected chi connectivity index (χ0v) is 11.8. The highest BCUT2D eigenvalue weighted by Crippen LogP contribution is 2.30. The van der Waals surface area contributed by atoms with Gasteiger partial charge in [0, 0.05) is 6.04 Å². The molecule has 0 aromatic carbocycles. The van der Waals surface area contributed by atoms with Gasteiger partial charge in [0.2, 0.25) is 0 Å². The Hall–Kier alpha value is -1.31. The molecule has 0 bridgehead atoms. The van der Waals surface area contributed by atoms with Crippen LogP contribution in [0.25, 0.3) is 0 Å². The minimum atomic E-state index is -0.933. The van der Waals surface area contributed by atoms with Crippen LogP contribution in [-0.4, -0.2) is 23.8 Å². The van der Waals surface area contributed by atoms with Gasteiger partial charge in [0.1, 0.15) is 4.34 Å². The first-order valence-corrected chi connectivity index (χ1v) is 6.90. The van der Waals surface area contributed by atoms with E-state index < -0.39 is 17.7 Å². The zero-order chi connectivity index (χ0) is 14.0. The van der Waals surface area contributed by atoms with E-state index in [0.29, 0.717) is 4.34 Å². The van der Waals surface area contributed by atoms with E-state index in [1.54, 1.807) is 0 Å². The number of amides is 3. The van der Waals surface area contributed by atoms with Crippen LogP contribution in [0.2, 0.25) is 8.67 Å². The molecule has 0 atom stereocenters. The first-order chi connectivity index (χ1) is 8.97. The maximum Gasteiger partial charge on any atom is 0.327 e. The molecule has 1 aliphatic carbocycles. The summed E-state index contributed by atoms with van der Waals surface area (Å²) in [6.07, 6.45) is 1.74. The fraction of sp³-hybridized carbons (Fsp3) is 0.300. The van der Waals surface area contributed by atoms with Crippen LogP contribution >= 0.6 is 34.5 Å². The van der Waals surface area contributed by atoms with Crippen molar-refractivity contribution in [2.24, 2.45) is 0 Å². The summed E-state index contributed by atoms with van der Waals surface area (Å²) in [6, 6.07) is 1.44. The minimum Gasteiger partial charge on any atom is -0.345 e. The van der Waals surface area contributed by atoms with Crippen LogP contribution in [-0.2, 0) is 9.59 Å². The number of nitrogens with one attached hydrogen (secondary N) is 3. The molecular weight excluding hydrogens is 313 g/mol. The van der Waals surface area contributed by atoms with Crippen molar-refractivity contribution in [1.82, 2.24) is 16.2 Å². The van der Waals surface area contributed by atoms with E-state index in [2.05, 4.69) is 10.7 Å². The molecule has 3 amide bonds. The molecular formula is C10H9Cl2N3O3S. The molecule has 1 aliphatic rings. The number of carbonyl (C=O) groups excluding carboxylic acids is 3. The molecule has 102 valence electrons. The molecule has 6 nitrogen and oxygen atoms in total. The smallest absolute Gasteiger partial charge is 0.327 e. The van der Waals surface area contributed by atoms with Crippen LogP contribution in [0.5, 0.6) is 0 Å². The van der Waals surface area contributed by atoms with Gasteiger partial charge in [0.15, 0.2) is 0 Å². The predicted molar refractivity (Wildman–Crippen MR) is 71.1 cm³/mol.